The second-order valence-electron chi connectivity index (χ2n) is 8.37. The number of rotatable bonds is 4. The Morgan fingerprint density at radius 2 is 1.79 bits per heavy atom. The normalized spacial score (nSPS) is 21.3. The van der Waals surface area contributed by atoms with E-state index in [1.807, 2.05) is 13.8 Å². The number of quaternary nitrogens is 1. The zero-order valence-electron chi connectivity index (χ0n) is 18.5. The van der Waals surface area contributed by atoms with Gasteiger partial charge < -0.3 is 23.9 Å². The van der Waals surface area contributed by atoms with Crippen molar-refractivity contribution in [2.24, 2.45) is 0 Å². The van der Waals surface area contributed by atoms with Crippen LogP contribution in [0.25, 0.3) is 22.1 Å². The number of morpholine rings is 1. The average molecular weight is 464 g/mol. The molecule has 2 heterocycles. The summed E-state index contributed by atoms with van der Waals surface area (Å²) in [6, 6.07) is 8.59. The molecular weight excluding hydrogens is 439 g/mol. The Morgan fingerprint density at radius 3 is 2.42 bits per heavy atom. The van der Waals surface area contributed by atoms with Gasteiger partial charge in [-0.1, -0.05) is 18.2 Å². The summed E-state index contributed by atoms with van der Waals surface area (Å²) >= 11 is 0. The molecule has 1 aliphatic rings. The van der Waals surface area contributed by atoms with Gasteiger partial charge in [0.15, 0.2) is 5.58 Å². The maximum absolute atomic E-state index is 14.1. The number of phenolic OH excluding ortho intramolecular Hbond substituents is 1. The van der Waals surface area contributed by atoms with Crippen molar-refractivity contribution in [2.45, 2.75) is 38.8 Å². The third-order valence-electron chi connectivity index (χ3n) is 5.82. The number of methoxy groups -OCH3 is 1. The molecule has 0 aliphatic carbocycles. The number of para-hydroxylation sites is 1. The number of fused-ring (bicyclic) bond motifs is 1. The molecule has 1 saturated heterocycles. The molecule has 9 heteroatoms. The van der Waals surface area contributed by atoms with Gasteiger partial charge in [0.25, 0.3) is 0 Å². The van der Waals surface area contributed by atoms with E-state index < -0.39 is 22.9 Å². The molecule has 6 nitrogen and oxygen atoms in total. The molecule has 2 N–H and O–H groups in total. The number of ether oxygens (including phenoxy) is 2. The molecule has 1 aliphatic heterocycles. The molecule has 4 rings (SSSR count). The standard InChI is InChI=1S/C24H24F3NO5/c1-13-10-28(11-14(2)32-13)12-17-18(29)9-8-16-21(30)20(15-6-4-5-7-19(15)31-3)23(24(25,26)27)33-22(16)17/h4-9,13-14,29H,10-12H2,1-3H3/p+1/t13-,14-/m1/s1. The van der Waals surface area contributed by atoms with Crippen molar-refractivity contribution in [1.29, 1.82) is 0 Å². The summed E-state index contributed by atoms with van der Waals surface area (Å²) in [6.45, 7) is 5.24. The Kier molecular flexibility index (Phi) is 6.11. The number of alkyl halides is 3. The second kappa shape index (κ2) is 8.72. The van der Waals surface area contributed by atoms with Gasteiger partial charge in [-0.2, -0.15) is 13.2 Å². The van der Waals surface area contributed by atoms with Crippen LogP contribution >= 0.6 is 0 Å². The SMILES string of the molecule is COc1ccccc1-c1c(C(F)(F)F)oc2c(C[NH+]3C[C@@H](C)O[C@H](C)C3)c(O)ccc2c1=O. The van der Waals surface area contributed by atoms with E-state index in [0.717, 1.165) is 4.90 Å². The number of hydrogen-bond acceptors (Lipinski definition) is 5. The highest BCUT2D eigenvalue weighted by Gasteiger charge is 2.40. The highest BCUT2D eigenvalue weighted by Crippen LogP contribution is 2.41. The van der Waals surface area contributed by atoms with Crippen LogP contribution in [0, 0.1) is 0 Å². The number of nitrogens with one attached hydrogen (secondary N) is 1. The smallest absolute Gasteiger partial charge is 0.450 e. The first-order valence-corrected chi connectivity index (χ1v) is 10.6. The average Bonchev–Trinajstić information content (AvgIpc) is 2.74. The fourth-order valence-electron chi connectivity index (χ4n) is 4.55. The summed E-state index contributed by atoms with van der Waals surface area (Å²) < 4.78 is 58.7. The molecule has 2 aromatic carbocycles. The molecule has 2 atom stereocenters. The molecule has 176 valence electrons. The Balaban J connectivity index is 1.96. The van der Waals surface area contributed by atoms with E-state index >= 15 is 0 Å². The first-order chi connectivity index (χ1) is 15.6. The summed E-state index contributed by atoms with van der Waals surface area (Å²) in [5.41, 5.74) is -1.57. The van der Waals surface area contributed by atoms with Gasteiger partial charge in [0.1, 0.15) is 43.3 Å². The van der Waals surface area contributed by atoms with Crippen molar-refractivity contribution in [3.63, 3.8) is 0 Å². The number of hydrogen-bond donors (Lipinski definition) is 2. The summed E-state index contributed by atoms with van der Waals surface area (Å²) in [5.74, 6) is -1.52. The van der Waals surface area contributed by atoms with Crippen LogP contribution in [0.2, 0.25) is 0 Å². The monoisotopic (exact) mass is 464 g/mol. The van der Waals surface area contributed by atoms with Crippen LogP contribution in [-0.4, -0.2) is 37.5 Å². The number of benzene rings is 2. The first-order valence-electron chi connectivity index (χ1n) is 10.6. The van der Waals surface area contributed by atoms with Gasteiger partial charge >= 0.3 is 6.18 Å². The summed E-state index contributed by atoms with van der Waals surface area (Å²) in [4.78, 5) is 14.4. The number of halogens is 3. The molecule has 0 spiro atoms. The molecule has 0 amide bonds. The van der Waals surface area contributed by atoms with Crippen LogP contribution in [-0.2, 0) is 17.5 Å². The van der Waals surface area contributed by atoms with Gasteiger partial charge in [-0.3, -0.25) is 4.79 Å². The summed E-state index contributed by atoms with van der Waals surface area (Å²) in [6.07, 6.45) is -5.03. The van der Waals surface area contributed by atoms with Crippen LogP contribution in [0.4, 0.5) is 13.2 Å². The lowest BCUT2D eigenvalue weighted by atomic mass is 9.99. The van der Waals surface area contributed by atoms with Crippen molar-refractivity contribution >= 4 is 11.0 Å². The quantitative estimate of drug-likeness (QED) is 0.620. The molecule has 0 radical (unpaired) electrons. The highest BCUT2D eigenvalue weighted by molar-refractivity contribution is 5.87. The van der Waals surface area contributed by atoms with E-state index in [2.05, 4.69) is 0 Å². The van der Waals surface area contributed by atoms with Crippen LogP contribution in [0.15, 0.2) is 45.6 Å². The largest absolute Gasteiger partial charge is 0.507 e. The van der Waals surface area contributed by atoms with Gasteiger partial charge in [-0.25, -0.2) is 0 Å². The van der Waals surface area contributed by atoms with Crippen LogP contribution < -0.4 is 15.1 Å². The van der Waals surface area contributed by atoms with Crippen molar-refractivity contribution in [3.05, 3.63) is 57.9 Å². The Labute approximate surface area is 188 Å². The zero-order valence-corrected chi connectivity index (χ0v) is 18.5. The molecule has 1 fully saturated rings. The third-order valence-corrected chi connectivity index (χ3v) is 5.82. The molecular formula is C24H25F3NO5+. The van der Waals surface area contributed by atoms with Crippen molar-refractivity contribution < 1.29 is 37.1 Å². The van der Waals surface area contributed by atoms with E-state index in [1.165, 1.54) is 37.4 Å². The molecule has 33 heavy (non-hydrogen) atoms. The van der Waals surface area contributed by atoms with Crippen LogP contribution in [0.5, 0.6) is 11.5 Å². The summed E-state index contributed by atoms with van der Waals surface area (Å²) in [5, 5.41) is 10.5. The van der Waals surface area contributed by atoms with Crippen LogP contribution in [0.1, 0.15) is 25.2 Å². The number of aromatic hydroxyl groups is 1. The Hall–Kier alpha value is -3.04. The van der Waals surface area contributed by atoms with E-state index in [9.17, 15) is 23.1 Å². The van der Waals surface area contributed by atoms with Gasteiger partial charge in [0, 0.05) is 5.56 Å². The van der Waals surface area contributed by atoms with Gasteiger partial charge in [-0.15, -0.1) is 0 Å². The topological polar surface area (TPSA) is 73.3 Å². The predicted molar refractivity (Wildman–Crippen MR) is 116 cm³/mol. The van der Waals surface area contributed by atoms with E-state index in [-0.39, 0.29) is 52.3 Å². The first kappa shape index (κ1) is 23.1. The van der Waals surface area contributed by atoms with E-state index in [0.29, 0.717) is 13.1 Å². The van der Waals surface area contributed by atoms with Crippen molar-refractivity contribution in [3.8, 4) is 22.6 Å². The molecule has 0 bridgehead atoms. The lowest BCUT2D eigenvalue weighted by molar-refractivity contribution is -0.928. The zero-order chi connectivity index (χ0) is 23.9. The minimum absolute atomic E-state index is 0.0148. The minimum atomic E-state index is -4.94. The van der Waals surface area contributed by atoms with Gasteiger partial charge in [0.05, 0.1) is 23.6 Å². The lowest BCUT2D eigenvalue weighted by Crippen LogP contribution is -3.14. The Morgan fingerprint density at radius 1 is 1.12 bits per heavy atom. The fourth-order valence-corrected chi connectivity index (χ4v) is 4.55. The molecule has 1 aromatic heterocycles. The maximum atomic E-state index is 14.1. The fraction of sp³-hybridized carbons (Fsp3) is 0.375. The lowest BCUT2D eigenvalue weighted by Gasteiger charge is -2.32. The van der Waals surface area contributed by atoms with Gasteiger partial charge in [0.2, 0.25) is 11.2 Å². The third kappa shape index (κ3) is 4.43. The second-order valence-corrected chi connectivity index (χ2v) is 8.37. The van der Waals surface area contributed by atoms with E-state index in [1.54, 1.807) is 6.07 Å². The summed E-state index contributed by atoms with van der Waals surface area (Å²) in [7, 11) is 1.32. The highest BCUT2D eigenvalue weighted by atomic mass is 19.4. The molecule has 0 unspecified atom stereocenters. The van der Waals surface area contributed by atoms with Gasteiger partial charge in [-0.05, 0) is 32.0 Å². The van der Waals surface area contributed by atoms with Crippen molar-refractivity contribution in [1.82, 2.24) is 0 Å². The molecule has 0 saturated carbocycles. The predicted octanol–water partition coefficient (Wildman–Crippen LogP) is 3.39. The maximum Gasteiger partial charge on any atom is 0.450 e. The van der Waals surface area contributed by atoms with Crippen molar-refractivity contribution in [2.75, 3.05) is 20.2 Å². The molecule has 3 aromatic rings. The van der Waals surface area contributed by atoms with E-state index in [4.69, 9.17) is 13.9 Å². The minimum Gasteiger partial charge on any atom is -0.507 e. The Bertz CT molecular complexity index is 1230. The number of phenols is 1. The van der Waals surface area contributed by atoms with Crippen LogP contribution in [0.3, 0.4) is 0 Å².